The first-order valence-electron chi connectivity index (χ1n) is 6.35. The predicted octanol–water partition coefficient (Wildman–Crippen LogP) is 0.821. The van der Waals surface area contributed by atoms with Gasteiger partial charge in [0.15, 0.2) is 5.82 Å². The lowest BCUT2D eigenvalue weighted by atomic mass is 10.1. The van der Waals surface area contributed by atoms with E-state index >= 15 is 0 Å². The number of aromatic nitrogens is 2. The minimum Gasteiger partial charge on any atom is -0.479 e. The van der Waals surface area contributed by atoms with Crippen LogP contribution in [-0.2, 0) is 0 Å². The van der Waals surface area contributed by atoms with E-state index < -0.39 is 0 Å². The van der Waals surface area contributed by atoms with Gasteiger partial charge in [-0.3, -0.25) is 0 Å². The molecule has 1 fully saturated rings. The Morgan fingerprint density at radius 3 is 3.06 bits per heavy atom. The Morgan fingerprint density at radius 1 is 1.56 bits per heavy atom. The molecule has 1 saturated heterocycles. The van der Waals surface area contributed by atoms with E-state index in [1.807, 2.05) is 0 Å². The average molecular weight is 251 g/mol. The highest BCUT2D eigenvalue weighted by atomic mass is 16.5. The second-order valence-corrected chi connectivity index (χ2v) is 4.57. The van der Waals surface area contributed by atoms with Crippen LogP contribution in [0.4, 0.5) is 11.5 Å². The zero-order valence-corrected chi connectivity index (χ0v) is 11.0. The van der Waals surface area contributed by atoms with Crippen molar-refractivity contribution < 1.29 is 4.74 Å². The first-order chi connectivity index (χ1) is 8.74. The Labute approximate surface area is 108 Å². The predicted molar refractivity (Wildman–Crippen MR) is 71.7 cm³/mol. The summed E-state index contributed by atoms with van der Waals surface area (Å²) in [7, 11) is 1.55. The molecule has 1 unspecified atom stereocenters. The number of rotatable bonds is 5. The number of anilines is 2. The van der Waals surface area contributed by atoms with E-state index in [2.05, 4.69) is 27.1 Å². The SMILES string of the molecule is CCN1CCC(CNc2ncnc(OC)c2N)C1. The molecule has 0 saturated carbocycles. The summed E-state index contributed by atoms with van der Waals surface area (Å²) < 4.78 is 5.07. The van der Waals surface area contributed by atoms with Gasteiger partial charge in [-0.2, -0.15) is 4.98 Å². The lowest BCUT2D eigenvalue weighted by Gasteiger charge is -2.15. The molecule has 100 valence electrons. The van der Waals surface area contributed by atoms with Gasteiger partial charge < -0.3 is 20.7 Å². The second-order valence-electron chi connectivity index (χ2n) is 4.57. The van der Waals surface area contributed by atoms with Gasteiger partial charge in [0.25, 0.3) is 0 Å². The number of nitrogens with zero attached hydrogens (tertiary/aromatic N) is 3. The highest BCUT2D eigenvalue weighted by Crippen LogP contribution is 2.25. The summed E-state index contributed by atoms with van der Waals surface area (Å²) in [6.45, 7) is 6.54. The normalized spacial score (nSPS) is 20.0. The van der Waals surface area contributed by atoms with Crippen LogP contribution in [0.2, 0.25) is 0 Å². The van der Waals surface area contributed by atoms with Gasteiger partial charge in [-0.15, -0.1) is 0 Å². The van der Waals surface area contributed by atoms with Crippen LogP contribution in [-0.4, -0.2) is 48.2 Å². The number of nitrogens with one attached hydrogen (secondary N) is 1. The standard InChI is InChI=1S/C12H21N5O/c1-3-17-5-4-9(7-17)6-14-11-10(13)12(18-2)16-8-15-11/h8-9H,3-7,13H2,1-2H3,(H,14,15,16). The van der Waals surface area contributed by atoms with Gasteiger partial charge >= 0.3 is 0 Å². The van der Waals surface area contributed by atoms with Crippen molar-refractivity contribution in [3.05, 3.63) is 6.33 Å². The molecule has 0 amide bonds. The number of ether oxygens (including phenoxy) is 1. The maximum Gasteiger partial charge on any atom is 0.242 e. The third-order valence-electron chi connectivity index (χ3n) is 3.42. The molecule has 0 aromatic carbocycles. The molecule has 6 heteroatoms. The summed E-state index contributed by atoms with van der Waals surface area (Å²) in [5.41, 5.74) is 6.39. The molecule has 6 nitrogen and oxygen atoms in total. The number of hydrogen-bond acceptors (Lipinski definition) is 6. The van der Waals surface area contributed by atoms with Crippen molar-refractivity contribution in [1.29, 1.82) is 0 Å². The Hall–Kier alpha value is -1.56. The van der Waals surface area contributed by atoms with E-state index in [1.54, 1.807) is 7.11 Å². The van der Waals surface area contributed by atoms with Gasteiger partial charge in [-0.05, 0) is 25.4 Å². The first-order valence-corrected chi connectivity index (χ1v) is 6.35. The summed E-state index contributed by atoms with van der Waals surface area (Å²) >= 11 is 0. The number of nitrogen functional groups attached to an aromatic ring is 1. The Kier molecular flexibility index (Phi) is 4.19. The monoisotopic (exact) mass is 251 g/mol. The lowest BCUT2D eigenvalue weighted by Crippen LogP contribution is -2.23. The van der Waals surface area contributed by atoms with Crippen molar-refractivity contribution in [2.45, 2.75) is 13.3 Å². The molecule has 2 rings (SSSR count). The van der Waals surface area contributed by atoms with E-state index in [9.17, 15) is 0 Å². The molecule has 0 radical (unpaired) electrons. The fourth-order valence-electron chi connectivity index (χ4n) is 2.29. The van der Waals surface area contributed by atoms with Crippen molar-refractivity contribution in [3.63, 3.8) is 0 Å². The molecule has 18 heavy (non-hydrogen) atoms. The number of nitrogens with two attached hydrogens (primary N) is 1. The number of methoxy groups -OCH3 is 1. The van der Waals surface area contributed by atoms with Gasteiger partial charge in [-0.25, -0.2) is 4.98 Å². The topological polar surface area (TPSA) is 76.3 Å². The molecule has 1 aliphatic heterocycles. The summed E-state index contributed by atoms with van der Waals surface area (Å²) in [5, 5.41) is 3.29. The molecule has 0 aliphatic carbocycles. The van der Waals surface area contributed by atoms with Gasteiger partial charge in [0.1, 0.15) is 12.0 Å². The molecule has 0 bridgehead atoms. The van der Waals surface area contributed by atoms with E-state index in [4.69, 9.17) is 10.5 Å². The van der Waals surface area contributed by atoms with Gasteiger partial charge in [-0.1, -0.05) is 6.92 Å². The van der Waals surface area contributed by atoms with Crippen LogP contribution in [0.3, 0.4) is 0 Å². The van der Waals surface area contributed by atoms with Crippen LogP contribution < -0.4 is 15.8 Å². The molecule has 1 atom stereocenters. The van der Waals surface area contributed by atoms with Crippen molar-refractivity contribution in [2.24, 2.45) is 5.92 Å². The van der Waals surface area contributed by atoms with E-state index in [0.29, 0.717) is 23.3 Å². The van der Waals surface area contributed by atoms with Crippen LogP contribution in [0, 0.1) is 5.92 Å². The summed E-state index contributed by atoms with van der Waals surface area (Å²) in [6.07, 6.45) is 2.69. The van der Waals surface area contributed by atoms with Crippen LogP contribution in [0.15, 0.2) is 6.33 Å². The lowest BCUT2D eigenvalue weighted by molar-refractivity contribution is 0.345. The molecule has 3 N–H and O–H groups in total. The molecule has 1 aromatic rings. The number of hydrogen-bond donors (Lipinski definition) is 2. The zero-order valence-electron chi connectivity index (χ0n) is 11.0. The van der Waals surface area contributed by atoms with Gasteiger partial charge in [0.2, 0.25) is 5.88 Å². The third-order valence-corrected chi connectivity index (χ3v) is 3.42. The minimum absolute atomic E-state index is 0.425. The minimum atomic E-state index is 0.425. The van der Waals surface area contributed by atoms with Crippen molar-refractivity contribution in [2.75, 3.05) is 44.3 Å². The Bertz CT molecular complexity index is 398. The highest BCUT2D eigenvalue weighted by Gasteiger charge is 2.21. The summed E-state index contributed by atoms with van der Waals surface area (Å²) in [6, 6.07) is 0. The van der Waals surface area contributed by atoms with Gasteiger partial charge in [0, 0.05) is 13.1 Å². The van der Waals surface area contributed by atoms with Crippen LogP contribution in [0.1, 0.15) is 13.3 Å². The molecule has 0 spiro atoms. The molecular formula is C12H21N5O. The highest BCUT2D eigenvalue weighted by molar-refractivity contribution is 5.66. The molecular weight excluding hydrogens is 230 g/mol. The summed E-state index contributed by atoms with van der Waals surface area (Å²) in [4.78, 5) is 10.6. The second kappa shape index (κ2) is 5.86. The fraction of sp³-hybridized carbons (Fsp3) is 0.667. The number of likely N-dealkylation sites (tertiary alicyclic amines) is 1. The Morgan fingerprint density at radius 2 is 2.39 bits per heavy atom. The first kappa shape index (κ1) is 12.9. The van der Waals surface area contributed by atoms with Crippen LogP contribution >= 0.6 is 0 Å². The van der Waals surface area contributed by atoms with Crippen LogP contribution in [0.25, 0.3) is 0 Å². The Balaban J connectivity index is 1.91. The molecule has 2 heterocycles. The van der Waals surface area contributed by atoms with E-state index in [0.717, 1.165) is 19.6 Å². The quantitative estimate of drug-likeness (QED) is 0.807. The van der Waals surface area contributed by atoms with E-state index in [-0.39, 0.29) is 0 Å². The molecule has 1 aromatic heterocycles. The average Bonchev–Trinajstić information content (AvgIpc) is 2.85. The molecule has 1 aliphatic rings. The van der Waals surface area contributed by atoms with Crippen molar-refractivity contribution in [1.82, 2.24) is 14.9 Å². The maximum absolute atomic E-state index is 5.91. The largest absolute Gasteiger partial charge is 0.479 e. The zero-order chi connectivity index (χ0) is 13.0. The fourth-order valence-corrected chi connectivity index (χ4v) is 2.29. The van der Waals surface area contributed by atoms with Crippen LogP contribution in [0.5, 0.6) is 5.88 Å². The van der Waals surface area contributed by atoms with Gasteiger partial charge in [0.05, 0.1) is 7.11 Å². The smallest absolute Gasteiger partial charge is 0.242 e. The maximum atomic E-state index is 5.91. The van der Waals surface area contributed by atoms with E-state index in [1.165, 1.54) is 19.3 Å². The van der Waals surface area contributed by atoms with Crippen molar-refractivity contribution in [3.8, 4) is 5.88 Å². The van der Waals surface area contributed by atoms with Crippen molar-refractivity contribution >= 4 is 11.5 Å². The third kappa shape index (κ3) is 2.81. The summed E-state index contributed by atoms with van der Waals surface area (Å²) in [5.74, 6) is 1.75.